The minimum absolute atomic E-state index is 0.326. The average molecular weight is 236 g/mol. The standard InChI is InChI=1S/C14H24N2O/c1-10(2)7-11-8-13-15-5-6-16(13)9-12(11)14(3,4)17/h5-6,10-12,17H,7-9H2,1-4H3. The third kappa shape index (κ3) is 2.71. The van der Waals surface area contributed by atoms with Gasteiger partial charge in [-0.25, -0.2) is 4.98 Å². The monoisotopic (exact) mass is 236 g/mol. The van der Waals surface area contributed by atoms with E-state index in [-0.39, 0.29) is 0 Å². The molecule has 0 saturated heterocycles. The Kier molecular flexibility index (Phi) is 3.30. The number of hydrogen-bond acceptors (Lipinski definition) is 2. The molecular formula is C14H24N2O. The minimum Gasteiger partial charge on any atom is -0.390 e. The molecule has 0 saturated carbocycles. The quantitative estimate of drug-likeness (QED) is 0.875. The van der Waals surface area contributed by atoms with Crippen LogP contribution >= 0.6 is 0 Å². The number of rotatable bonds is 3. The van der Waals surface area contributed by atoms with Crippen LogP contribution in [0, 0.1) is 17.8 Å². The van der Waals surface area contributed by atoms with Crippen molar-refractivity contribution in [2.45, 2.75) is 52.7 Å². The molecule has 3 nitrogen and oxygen atoms in total. The van der Waals surface area contributed by atoms with E-state index in [1.165, 1.54) is 12.2 Å². The van der Waals surface area contributed by atoms with E-state index in [0.29, 0.717) is 17.8 Å². The van der Waals surface area contributed by atoms with Crippen molar-refractivity contribution in [2.24, 2.45) is 17.8 Å². The first-order valence-corrected chi connectivity index (χ1v) is 6.60. The fraction of sp³-hybridized carbons (Fsp3) is 0.786. The molecule has 1 aliphatic heterocycles. The van der Waals surface area contributed by atoms with E-state index < -0.39 is 5.60 Å². The van der Waals surface area contributed by atoms with Crippen LogP contribution in [0.15, 0.2) is 12.4 Å². The zero-order chi connectivity index (χ0) is 12.6. The fourth-order valence-corrected chi connectivity index (χ4v) is 3.09. The van der Waals surface area contributed by atoms with Crippen molar-refractivity contribution in [2.75, 3.05) is 0 Å². The first kappa shape index (κ1) is 12.6. The van der Waals surface area contributed by atoms with E-state index in [1.807, 2.05) is 26.2 Å². The van der Waals surface area contributed by atoms with Crippen LogP contribution in [0.5, 0.6) is 0 Å². The molecule has 0 bridgehead atoms. The van der Waals surface area contributed by atoms with Gasteiger partial charge in [0.05, 0.1) is 5.60 Å². The van der Waals surface area contributed by atoms with Crippen molar-refractivity contribution in [3.63, 3.8) is 0 Å². The summed E-state index contributed by atoms with van der Waals surface area (Å²) in [7, 11) is 0. The number of imidazole rings is 1. The van der Waals surface area contributed by atoms with Crippen LogP contribution in [0.1, 0.15) is 39.9 Å². The fourth-order valence-electron chi connectivity index (χ4n) is 3.09. The Morgan fingerprint density at radius 2 is 2.24 bits per heavy atom. The summed E-state index contributed by atoms with van der Waals surface area (Å²) >= 11 is 0. The topological polar surface area (TPSA) is 38.0 Å². The molecule has 2 rings (SSSR count). The Hall–Kier alpha value is -0.830. The predicted molar refractivity (Wildman–Crippen MR) is 68.7 cm³/mol. The number of hydrogen-bond donors (Lipinski definition) is 1. The highest BCUT2D eigenvalue weighted by Gasteiger charge is 2.38. The Morgan fingerprint density at radius 3 is 2.82 bits per heavy atom. The van der Waals surface area contributed by atoms with Crippen molar-refractivity contribution in [3.05, 3.63) is 18.2 Å². The van der Waals surface area contributed by atoms with Crippen LogP contribution < -0.4 is 0 Å². The van der Waals surface area contributed by atoms with Crippen LogP contribution in [-0.4, -0.2) is 20.3 Å². The lowest BCUT2D eigenvalue weighted by Gasteiger charge is -2.40. The van der Waals surface area contributed by atoms with E-state index in [1.54, 1.807) is 0 Å². The summed E-state index contributed by atoms with van der Waals surface area (Å²) < 4.78 is 2.19. The second kappa shape index (κ2) is 4.45. The maximum Gasteiger partial charge on any atom is 0.108 e. The number of aromatic nitrogens is 2. The second-order valence-corrected chi connectivity index (χ2v) is 6.35. The number of nitrogens with zero attached hydrogens (tertiary/aromatic N) is 2. The van der Waals surface area contributed by atoms with Gasteiger partial charge in [0.1, 0.15) is 5.82 Å². The Balaban J connectivity index is 2.23. The largest absolute Gasteiger partial charge is 0.390 e. The normalized spacial score (nSPS) is 25.1. The first-order chi connectivity index (χ1) is 7.88. The highest BCUT2D eigenvalue weighted by atomic mass is 16.3. The molecule has 1 N–H and O–H groups in total. The van der Waals surface area contributed by atoms with Crippen molar-refractivity contribution in [1.82, 2.24) is 9.55 Å². The first-order valence-electron chi connectivity index (χ1n) is 6.60. The van der Waals surface area contributed by atoms with Crippen LogP contribution in [-0.2, 0) is 13.0 Å². The molecule has 0 radical (unpaired) electrons. The predicted octanol–water partition coefficient (Wildman–Crippen LogP) is 2.49. The summed E-state index contributed by atoms with van der Waals surface area (Å²) in [6, 6.07) is 0. The van der Waals surface area contributed by atoms with Crippen LogP contribution in [0.25, 0.3) is 0 Å². The van der Waals surface area contributed by atoms with E-state index in [4.69, 9.17) is 0 Å². The van der Waals surface area contributed by atoms with Crippen molar-refractivity contribution >= 4 is 0 Å². The molecule has 0 amide bonds. The van der Waals surface area contributed by atoms with Gasteiger partial charge in [0.15, 0.2) is 0 Å². The van der Waals surface area contributed by atoms with Crippen molar-refractivity contribution in [1.29, 1.82) is 0 Å². The van der Waals surface area contributed by atoms with Crippen molar-refractivity contribution < 1.29 is 5.11 Å². The molecule has 3 heteroatoms. The van der Waals surface area contributed by atoms with E-state index >= 15 is 0 Å². The zero-order valence-electron chi connectivity index (χ0n) is 11.3. The van der Waals surface area contributed by atoms with E-state index in [0.717, 1.165) is 13.0 Å². The summed E-state index contributed by atoms with van der Waals surface area (Å²) in [5.41, 5.74) is -0.610. The molecular weight excluding hydrogens is 212 g/mol. The summed E-state index contributed by atoms with van der Waals surface area (Å²) in [4.78, 5) is 4.41. The molecule has 0 aliphatic carbocycles. The van der Waals surface area contributed by atoms with Crippen molar-refractivity contribution in [3.8, 4) is 0 Å². The van der Waals surface area contributed by atoms with Gasteiger partial charge in [0.2, 0.25) is 0 Å². The van der Waals surface area contributed by atoms with Crippen LogP contribution in [0.4, 0.5) is 0 Å². The smallest absolute Gasteiger partial charge is 0.108 e. The van der Waals surface area contributed by atoms with Gasteiger partial charge >= 0.3 is 0 Å². The molecule has 1 aromatic heterocycles. The van der Waals surface area contributed by atoms with Gasteiger partial charge in [-0.15, -0.1) is 0 Å². The maximum absolute atomic E-state index is 10.4. The van der Waals surface area contributed by atoms with Gasteiger partial charge < -0.3 is 9.67 Å². The molecule has 1 aliphatic rings. The minimum atomic E-state index is -0.610. The summed E-state index contributed by atoms with van der Waals surface area (Å²) in [6.45, 7) is 9.28. The van der Waals surface area contributed by atoms with Crippen LogP contribution in [0.2, 0.25) is 0 Å². The Bertz CT molecular complexity index is 376. The molecule has 0 spiro atoms. The molecule has 0 aromatic carbocycles. The molecule has 96 valence electrons. The SMILES string of the molecule is CC(C)CC1Cc2nccn2CC1C(C)(C)O. The Labute approximate surface area is 104 Å². The van der Waals surface area contributed by atoms with E-state index in [2.05, 4.69) is 23.4 Å². The molecule has 0 fully saturated rings. The molecule has 2 atom stereocenters. The second-order valence-electron chi connectivity index (χ2n) is 6.35. The summed E-state index contributed by atoms with van der Waals surface area (Å²) in [5, 5.41) is 10.4. The average Bonchev–Trinajstić information content (AvgIpc) is 2.60. The molecule has 2 heterocycles. The van der Waals surface area contributed by atoms with Gasteiger partial charge in [-0.3, -0.25) is 0 Å². The third-order valence-electron chi connectivity index (χ3n) is 3.89. The number of aliphatic hydroxyl groups is 1. The van der Waals surface area contributed by atoms with Gasteiger partial charge in [-0.2, -0.15) is 0 Å². The van der Waals surface area contributed by atoms with E-state index in [9.17, 15) is 5.11 Å². The van der Waals surface area contributed by atoms with Gasteiger partial charge in [-0.05, 0) is 32.1 Å². The summed E-state index contributed by atoms with van der Waals surface area (Å²) in [5.74, 6) is 2.72. The third-order valence-corrected chi connectivity index (χ3v) is 3.89. The molecule has 2 unspecified atom stereocenters. The van der Waals surface area contributed by atoms with Crippen LogP contribution in [0.3, 0.4) is 0 Å². The lowest BCUT2D eigenvalue weighted by Crippen LogP contribution is -2.43. The van der Waals surface area contributed by atoms with Gasteiger partial charge in [0, 0.05) is 31.3 Å². The zero-order valence-corrected chi connectivity index (χ0v) is 11.3. The highest BCUT2D eigenvalue weighted by molar-refractivity contribution is 5.02. The highest BCUT2D eigenvalue weighted by Crippen LogP contribution is 2.36. The lowest BCUT2D eigenvalue weighted by molar-refractivity contribution is -0.0307. The summed E-state index contributed by atoms with van der Waals surface area (Å²) in [6.07, 6.45) is 6.07. The van der Waals surface area contributed by atoms with Gasteiger partial charge in [0.25, 0.3) is 0 Å². The molecule has 17 heavy (non-hydrogen) atoms. The Morgan fingerprint density at radius 1 is 1.53 bits per heavy atom. The van der Waals surface area contributed by atoms with Gasteiger partial charge in [-0.1, -0.05) is 13.8 Å². The number of fused-ring (bicyclic) bond motifs is 1. The lowest BCUT2D eigenvalue weighted by atomic mass is 9.73. The molecule has 1 aromatic rings. The maximum atomic E-state index is 10.4.